The minimum Gasteiger partial charge on any atom is -0.497 e. The standard InChI is InChI=1S/C20H21N3O3S/c1-14(15-6-4-3-5-7-15)12-19-22-23-20(26-19)27-13-18(24)21-16-8-10-17(25-2)11-9-16/h3-11,14H,12-13H2,1-2H3,(H,21,24)/t14-/m0/s1. The molecule has 0 spiro atoms. The maximum atomic E-state index is 12.1. The molecule has 0 bridgehead atoms. The molecular formula is C20H21N3O3S. The van der Waals surface area contributed by atoms with Gasteiger partial charge in [-0.2, -0.15) is 0 Å². The van der Waals surface area contributed by atoms with Crippen LogP contribution in [0.3, 0.4) is 0 Å². The third-order valence-corrected chi connectivity index (χ3v) is 4.82. The van der Waals surface area contributed by atoms with Gasteiger partial charge in [-0.15, -0.1) is 10.2 Å². The zero-order chi connectivity index (χ0) is 19.1. The monoisotopic (exact) mass is 383 g/mol. The summed E-state index contributed by atoms with van der Waals surface area (Å²) in [6.07, 6.45) is 0.662. The van der Waals surface area contributed by atoms with E-state index in [0.717, 1.165) is 5.75 Å². The number of amides is 1. The lowest BCUT2D eigenvalue weighted by atomic mass is 9.98. The normalized spacial score (nSPS) is 11.8. The van der Waals surface area contributed by atoms with Crippen molar-refractivity contribution >= 4 is 23.4 Å². The van der Waals surface area contributed by atoms with Gasteiger partial charge in [0, 0.05) is 12.1 Å². The first-order chi connectivity index (χ1) is 13.1. The van der Waals surface area contributed by atoms with Crippen LogP contribution in [0.25, 0.3) is 0 Å². The van der Waals surface area contributed by atoms with Crippen molar-refractivity contribution in [1.29, 1.82) is 0 Å². The van der Waals surface area contributed by atoms with Crippen molar-refractivity contribution in [2.75, 3.05) is 18.2 Å². The molecule has 3 aromatic rings. The number of benzene rings is 2. The smallest absolute Gasteiger partial charge is 0.277 e. The molecule has 1 heterocycles. The Labute approximate surface area is 162 Å². The number of nitrogens with zero attached hydrogens (tertiary/aromatic N) is 2. The Kier molecular flexibility index (Phi) is 6.49. The first kappa shape index (κ1) is 19.0. The molecule has 0 saturated heterocycles. The van der Waals surface area contributed by atoms with Crippen LogP contribution in [0.5, 0.6) is 5.75 Å². The van der Waals surface area contributed by atoms with Crippen LogP contribution in [-0.4, -0.2) is 29.0 Å². The number of thioether (sulfide) groups is 1. The van der Waals surface area contributed by atoms with Crippen molar-refractivity contribution in [1.82, 2.24) is 10.2 Å². The summed E-state index contributed by atoms with van der Waals surface area (Å²) in [4.78, 5) is 12.1. The van der Waals surface area contributed by atoms with Crippen molar-refractivity contribution in [3.05, 3.63) is 66.1 Å². The van der Waals surface area contributed by atoms with Crippen molar-refractivity contribution in [3.63, 3.8) is 0 Å². The van der Waals surface area contributed by atoms with E-state index in [-0.39, 0.29) is 17.6 Å². The van der Waals surface area contributed by atoms with Crippen LogP contribution in [0.1, 0.15) is 24.3 Å². The number of nitrogens with one attached hydrogen (secondary N) is 1. The van der Waals surface area contributed by atoms with Crippen LogP contribution in [0.2, 0.25) is 0 Å². The minimum atomic E-state index is -0.137. The summed E-state index contributed by atoms with van der Waals surface area (Å²) < 4.78 is 10.7. The molecule has 6 nitrogen and oxygen atoms in total. The van der Waals surface area contributed by atoms with Gasteiger partial charge in [0.25, 0.3) is 5.22 Å². The molecule has 1 atom stereocenters. The summed E-state index contributed by atoms with van der Waals surface area (Å²) in [6, 6.07) is 17.4. The van der Waals surface area contributed by atoms with E-state index in [0.29, 0.717) is 23.2 Å². The summed E-state index contributed by atoms with van der Waals surface area (Å²) in [5, 5.41) is 11.3. The second-order valence-corrected chi connectivity index (χ2v) is 6.97. The third kappa shape index (κ3) is 5.59. The van der Waals surface area contributed by atoms with E-state index < -0.39 is 0 Å². The highest BCUT2D eigenvalue weighted by Crippen LogP contribution is 2.22. The molecule has 0 aliphatic carbocycles. The van der Waals surface area contributed by atoms with Crippen molar-refractivity contribution < 1.29 is 13.9 Å². The van der Waals surface area contributed by atoms with Gasteiger partial charge in [-0.3, -0.25) is 4.79 Å². The highest BCUT2D eigenvalue weighted by molar-refractivity contribution is 7.99. The van der Waals surface area contributed by atoms with Crippen LogP contribution in [0, 0.1) is 0 Å². The number of anilines is 1. The fourth-order valence-electron chi connectivity index (χ4n) is 2.54. The first-order valence-corrected chi connectivity index (χ1v) is 9.56. The Morgan fingerprint density at radius 1 is 1.15 bits per heavy atom. The fourth-order valence-corrected chi connectivity index (χ4v) is 3.12. The first-order valence-electron chi connectivity index (χ1n) is 8.58. The van der Waals surface area contributed by atoms with Crippen LogP contribution in [0.4, 0.5) is 5.69 Å². The van der Waals surface area contributed by atoms with E-state index >= 15 is 0 Å². The van der Waals surface area contributed by atoms with Gasteiger partial charge in [-0.1, -0.05) is 49.0 Å². The van der Waals surface area contributed by atoms with Crippen LogP contribution in [0.15, 0.2) is 64.2 Å². The van der Waals surface area contributed by atoms with Crippen LogP contribution >= 0.6 is 11.8 Å². The Morgan fingerprint density at radius 3 is 2.59 bits per heavy atom. The maximum absolute atomic E-state index is 12.1. The Morgan fingerprint density at radius 2 is 1.89 bits per heavy atom. The van der Waals surface area contributed by atoms with Crippen molar-refractivity contribution in [2.45, 2.75) is 24.5 Å². The predicted molar refractivity (Wildman–Crippen MR) is 105 cm³/mol. The number of carbonyl (C=O) groups is 1. The topological polar surface area (TPSA) is 77.2 Å². The molecule has 1 aromatic heterocycles. The highest BCUT2D eigenvalue weighted by Gasteiger charge is 2.14. The summed E-state index contributed by atoms with van der Waals surface area (Å²) >= 11 is 1.22. The van der Waals surface area contributed by atoms with E-state index in [9.17, 15) is 4.79 Å². The van der Waals surface area contributed by atoms with Crippen LogP contribution in [-0.2, 0) is 11.2 Å². The van der Waals surface area contributed by atoms with E-state index in [2.05, 4.69) is 34.6 Å². The molecule has 1 N–H and O–H groups in total. The van der Waals surface area contributed by atoms with Gasteiger partial charge >= 0.3 is 0 Å². The molecule has 0 saturated carbocycles. The van der Waals surface area contributed by atoms with Gasteiger partial charge in [-0.05, 0) is 35.7 Å². The average molecular weight is 383 g/mol. The molecule has 0 aliphatic heterocycles. The van der Waals surface area contributed by atoms with E-state index in [4.69, 9.17) is 9.15 Å². The lowest BCUT2D eigenvalue weighted by Crippen LogP contribution is -2.13. The lowest BCUT2D eigenvalue weighted by molar-refractivity contribution is -0.113. The molecule has 0 unspecified atom stereocenters. The fraction of sp³-hybridized carbons (Fsp3) is 0.250. The van der Waals surface area contributed by atoms with Gasteiger partial charge in [0.05, 0.1) is 12.9 Å². The summed E-state index contributed by atoms with van der Waals surface area (Å²) in [5.74, 6) is 1.65. The SMILES string of the molecule is COc1ccc(NC(=O)CSc2nnc(C[C@H](C)c3ccccc3)o2)cc1. The van der Waals surface area contributed by atoms with Gasteiger partial charge in [0.15, 0.2) is 0 Å². The Bertz CT molecular complexity index is 866. The van der Waals surface area contributed by atoms with Gasteiger partial charge in [0.2, 0.25) is 11.8 Å². The Hall–Kier alpha value is -2.80. The highest BCUT2D eigenvalue weighted by atomic mass is 32.2. The molecule has 7 heteroatoms. The number of carbonyl (C=O) groups excluding carboxylic acids is 1. The molecule has 0 aliphatic rings. The summed E-state index contributed by atoms with van der Waals surface area (Å²) in [5.41, 5.74) is 1.94. The van der Waals surface area contributed by atoms with E-state index in [1.165, 1.54) is 17.3 Å². The van der Waals surface area contributed by atoms with Crippen molar-refractivity contribution in [3.8, 4) is 5.75 Å². The summed E-state index contributed by atoms with van der Waals surface area (Å²) in [7, 11) is 1.60. The van der Waals surface area contributed by atoms with Gasteiger partial charge in [0.1, 0.15) is 5.75 Å². The second-order valence-electron chi connectivity index (χ2n) is 6.04. The van der Waals surface area contributed by atoms with E-state index in [1.807, 2.05) is 18.2 Å². The van der Waals surface area contributed by atoms with Gasteiger partial charge in [-0.25, -0.2) is 0 Å². The molecule has 0 fully saturated rings. The number of methoxy groups -OCH3 is 1. The predicted octanol–water partition coefficient (Wildman–Crippen LogP) is 4.16. The molecule has 27 heavy (non-hydrogen) atoms. The zero-order valence-electron chi connectivity index (χ0n) is 15.2. The van der Waals surface area contributed by atoms with Crippen molar-refractivity contribution in [2.24, 2.45) is 0 Å². The molecule has 0 radical (unpaired) electrons. The largest absolute Gasteiger partial charge is 0.497 e. The number of hydrogen-bond donors (Lipinski definition) is 1. The summed E-state index contributed by atoms with van der Waals surface area (Å²) in [6.45, 7) is 2.12. The van der Waals surface area contributed by atoms with Crippen LogP contribution < -0.4 is 10.1 Å². The van der Waals surface area contributed by atoms with E-state index in [1.54, 1.807) is 31.4 Å². The van der Waals surface area contributed by atoms with Gasteiger partial charge < -0.3 is 14.5 Å². The average Bonchev–Trinajstić information content (AvgIpc) is 3.15. The molecular weight excluding hydrogens is 362 g/mol. The third-order valence-electron chi connectivity index (χ3n) is 4.00. The lowest BCUT2D eigenvalue weighted by Gasteiger charge is -2.08. The minimum absolute atomic E-state index is 0.137. The molecule has 3 rings (SSSR count). The number of rotatable bonds is 8. The zero-order valence-corrected chi connectivity index (χ0v) is 16.0. The Balaban J connectivity index is 1.48. The second kappa shape index (κ2) is 9.23. The molecule has 2 aromatic carbocycles. The maximum Gasteiger partial charge on any atom is 0.277 e. The molecule has 140 valence electrons. The quantitative estimate of drug-likeness (QED) is 0.589. The molecule has 1 amide bonds. The number of ether oxygens (including phenoxy) is 1. The number of aromatic nitrogens is 2. The number of hydrogen-bond acceptors (Lipinski definition) is 6.